The van der Waals surface area contributed by atoms with Gasteiger partial charge in [0.05, 0.1) is 14.2 Å². The number of rotatable bonds is 5. The second kappa shape index (κ2) is 6.14. The third-order valence-corrected chi connectivity index (χ3v) is 3.15. The maximum Gasteiger partial charge on any atom is 0.163 e. The number of hydrogen-bond acceptors (Lipinski definition) is 3. The fraction of sp³-hybridized carbons (Fsp3) is 0.250. The maximum atomic E-state index is 5.68. The zero-order valence-corrected chi connectivity index (χ0v) is 11.3. The SMILES string of the molecule is COc1cccc(CCc2ccc(N)cc2)c1OC. The van der Waals surface area contributed by atoms with Crippen LogP contribution < -0.4 is 15.2 Å². The first kappa shape index (κ1) is 13.3. The molecule has 0 aliphatic rings. The highest BCUT2D eigenvalue weighted by molar-refractivity contribution is 5.47. The Hall–Kier alpha value is -2.16. The van der Waals surface area contributed by atoms with Gasteiger partial charge in [-0.25, -0.2) is 0 Å². The van der Waals surface area contributed by atoms with Crippen molar-refractivity contribution in [3.05, 3.63) is 53.6 Å². The van der Waals surface area contributed by atoms with Crippen LogP contribution in [0.3, 0.4) is 0 Å². The first-order chi connectivity index (χ1) is 9.24. The maximum absolute atomic E-state index is 5.68. The van der Waals surface area contributed by atoms with Gasteiger partial charge < -0.3 is 15.2 Å². The van der Waals surface area contributed by atoms with Gasteiger partial charge in [0.15, 0.2) is 11.5 Å². The van der Waals surface area contributed by atoms with Gasteiger partial charge in [0.2, 0.25) is 0 Å². The number of para-hydroxylation sites is 1. The quantitative estimate of drug-likeness (QED) is 0.837. The minimum absolute atomic E-state index is 0.775. The van der Waals surface area contributed by atoms with Crippen LogP contribution in [-0.4, -0.2) is 14.2 Å². The molecule has 2 rings (SSSR count). The summed E-state index contributed by atoms with van der Waals surface area (Å²) in [6.45, 7) is 0. The predicted octanol–water partition coefficient (Wildman–Crippen LogP) is 3.07. The molecule has 0 saturated heterocycles. The van der Waals surface area contributed by atoms with E-state index in [0.29, 0.717) is 0 Å². The number of aryl methyl sites for hydroxylation is 2. The van der Waals surface area contributed by atoms with Crippen LogP contribution >= 0.6 is 0 Å². The molecular formula is C16H19NO2. The molecular weight excluding hydrogens is 238 g/mol. The number of ether oxygens (including phenoxy) is 2. The van der Waals surface area contributed by atoms with E-state index in [2.05, 4.69) is 18.2 Å². The summed E-state index contributed by atoms with van der Waals surface area (Å²) in [6, 6.07) is 13.9. The molecule has 3 nitrogen and oxygen atoms in total. The molecule has 0 aliphatic carbocycles. The molecule has 0 atom stereocenters. The van der Waals surface area contributed by atoms with Crippen molar-refractivity contribution in [1.82, 2.24) is 0 Å². The smallest absolute Gasteiger partial charge is 0.163 e. The molecule has 3 heteroatoms. The van der Waals surface area contributed by atoms with Crippen molar-refractivity contribution in [2.24, 2.45) is 0 Å². The average Bonchev–Trinajstić information content (AvgIpc) is 2.46. The summed E-state index contributed by atoms with van der Waals surface area (Å²) in [5, 5.41) is 0. The van der Waals surface area contributed by atoms with Gasteiger partial charge in [-0.3, -0.25) is 0 Å². The number of nitrogens with two attached hydrogens (primary N) is 1. The van der Waals surface area contributed by atoms with E-state index >= 15 is 0 Å². The first-order valence-electron chi connectivity index (χ1n) is 6.29. The Balaban J connectivity index is 2.13. The summed E-state index contributed by atoms with van der Waals surface area (Å²) in [5.74, 6) is 1.60. The first-order valence-corrected chi connectivity index (χ1v) is 6.29. The lowest BCUT2D eigenvalue weighted by Gasteiger charge is -2.12. The monoisotopic (exact) mass is 257 g/mol. The van der Waals surface area contributed by atoms with Gasteiger partial charge in [-0.2, -0.15) is 0 Å². The van der Waals surface area contributed by atoms with Crippen LogP contribution in [0.1, 0.15) is 11.1 Å². The van der Waals surface area contributed by atoms with Crippen molar-refractivity contribution in [3.8, 4) is 11.5 Å². The van der Waals surface area contributed by atoms with Gasteiger partial charge in [0.25, 0.3) is 0 Å². The standard InChI is InChI=1S/C16H19NO2/c1-18-15-5-3-4-13(16(15)19-2)9-6-12-7-10-14(17)11-8-12/h3-5,7-8,10-11H,6,9,17H2,1-2H3. The van der Waals surface area contributed by atoms with Crippen molar-refractivity contribution in [3.63, 3.8) is 0 Å². The van der Waals surface area contributed by atoms with E-state index in [4.69, 9.17) is 15.2 Å². The molecule has 0 aromatic heterocycles. The third kappa shape index (κ3) is 3.19. The lowest BCUT2D eigenvalue weighted by molar-refractivity contribution is 0.351. The van der Waals surface area contributed by atoms with Gasteiger partial charge in [0.1, 0.15) is 0 Å². The molecule has 19 heavy (non-hydrogen) atoms. The minimum Gasteiger partial charge on any atom is -0.493 e. The number of anilines is 1. The summed E-state index contributed by atoms with van der Waals surface area (Å²) in [4.78, 5) is 0. The fourth-order valence-corrected chi connectivity index (χ4v) is 2.11. The molecule has 0 radical (unpaired) electrons. The Bertz CT molecular complexity index is 535. The van der Waals surface area contributed by atoms with Crippen LogP contribution in [0.2, 0.25) is 0 Å². The Morgan fingerprint density at radius 1 is 0.895 bits per heavy atom. The normalized spacial score (nSPS) is 10.2. The summed E-state index contributed by atoms with van der Waals surface area (Å²) in [5.41, 5.74) is 8.89. The van der Waals surface area contributed by atoms with Crippen LogP contribution in [0.4, 0.5) is 5.69 Å². The van der Waals surface area contributed by atoms with E-state index in [1.54, 1.807) is 14.2 Å². The van der Waals surface area contributed by atoms with Crippen molar-refractivity contribution in [1.29, 1.82) is 0 Å². The molecule has 0 unspecified atom stereocenters. The topological polar surface area (TPSA) is 44.5 Å². The zero-order chi connectivity index (χ0) is 13.7. The van der Waals surface area contributed by atoms with E-state index in [0.717, 1.165) is 35.6 Å². The summed E-state index contributed by atoms with van der Waals surface area (Å²) in [7, 11) is 3.33. The molecule has 100 valence electrons. The van der Waals surface area contributed by atoms with Crippen molar-refractivity contribution in [2.45, 2.75) is 12.8 Å². The molecule has 0 heterocycles. The summed E-state index contributed by atoms with van der Waals surface area (Å²) >= 11 is 0. The molecule has 2 aromatic rings. The van der Waals surface area contributed by atoms with Crippen molar-refractivity contribution < 1.29 is 9.47 Å². The lowest BCUT2D eigenvalue weighted by atomic mass is 10.0. The molecule has 0 bridgehead atoms. The second-order valence-corrected chi connectivity index (χ2v) is 4.39. The van der Waals surface area contributed by atoms with Crippen LogP contribution in [0.25, 0.3) is 0 Å². The van der Waals surface area contributed by atoms with Crippen LogP contribution in [0.15, 0.2) is 42.5 Å². The number of hydrogen-bond donors (Lipinski definition) is 1. The number of benzene rings is 2. The lowest BCUT2D eigenvalue weighted by Crippen LogP contribution is -1.98. The Morgan fingerprint density at radius 2 is 1.63 bits per heavy atom. The molecule has 0 aliphatic heterocycles. The highest BCUT2D eigenvalue weighted by Crippen LogP contribution is 2.31. The predicted molar refractivity (Wildman–Crippen MR) is 77.8 cm³/mol. The molecule has 2 N–H and O–H groups in total. The molecule has 0 amide bonds. The molecule has 0 spiro atoms. The van der Waals surface area contributed by atoms with Crippen molar-refractivity contribution in [2.75, 3.05) is 20.0 Å². The second-order valence-electron chi connectivity index (χ2n) is 4.39. The van der Waals surface area contributed by atoms with E-state index in [1.807, 2.05) is 24.3 Å². The number of nitrogen functional groups attached to an aromatic ring is 1. The molecule has 2 aromatic carbocycles. The van der Waals surface area contributed by atoms with Crippen molar-refractivity contribution >= 4 is 5.69 Å². The largest absolute Gasteiger partial charge is 0.493 e. The zero-order valence-electron chi connectivity index (χ0n) is 11.3. The van der Waals surface area contributed by atoms with Crippen LogP contribution in [0.5, 0.6) is 11.5 Å². The van der Waals surface area contributed by atoms with E-state index in [1.165, 1.54) is 5.56 Å². The Morgan fingerprint density at radius 3 is 2.26 bits per heavy atom. The molecule has 0 saturated carbocycles. The van der Waals surface area contributed by atoms with Gasteiger partial charge in [-0.05, 0) is 42.2 Å². The fourth-order valence-electron chi connectivity index (χ4n) is 2.11. The number of methoxy groups -OCH3 is 2. The average molecular weight is 257 g/mol. The summed E-state index contributed by atoms with van der Waals surface area (Å²) < 4.78 is 10.7. The molecule has 0 fully saturated rings. The van der Waals surface area contributed by atoms with E-state index < -0.39 is 0 Å². The van der Waals surface area contributed by atoms with Gasteiger partial charge in [-0.15, -0.1) is 0 Å². The highest BCUT2D eigenvalue weighted by Gasteiger charge is 2.09. The Kier molecular flexibility index (Phi) is 4.29. The Labute approximate surface area is 114 Å². The highest BCUT2D eigenvalue weighted by atomic mass is 16.5. The van der Waals surface area contributed by atoms with E-state index in [-0.39, 0.29) is 0 Å². The summed E-state index contributed by atoms with van der Waals surface area (Å²) in [6.07, 6.45) is 1.86. The minimum atomic E-state index is 0.775. The van der Waals surface area contributed by atoms with Gasteiger partial charge in [-0.1, -0.05) is 24.3 Å². The van der Waals surface area contributed by atoms with Crippen LogP contribution in [0, 0.1) is 0 Å². The van der Waals surface area contributed by atoms with Gasteiger partial charge in [0, 0.05) is 5.69 Å². The van der Waals surface area contributed by atoms with Crippen LogP contribution in [-0.2, 0) is 12.8 Å². The third-order valence-electron chi connectivity index (χ3n) is 3.15. The van der Waals surface area contributed by atoms with E-state index in [9.17, 15) is 0 Å². The van der Waals surface area contributed by atoms with Gasteiger partial charge >= 0.3 is 0 Å².